The quantitative estimate of drug-likeness (QED) is 0.844. The third kappa shape index (κ3) is 3.00. The number of halogens is 2. The molecule has 0 radical (unpaired) electrons. The fourth-order valence-electron chi connectivity index (χ4n) is 1.49. The largest absolute Gasteiger partial charge is 0.379 e. The summed E-state index contributed by atoms with van der Waals surface area (Å²) in [6.07, 6.45) is 1.13. The number of rotatable bonds is 3. The van der Waals surface area contributed by atoms with Crippen molar-refractivity contribution < 1.29 is 13.9 Å². The smallest absolute Gasteiger partial charge is 0.124 e. The molecule has 4 heteroatoms. The van der Waals surface area contributed by atoms with Gasteiger partial charge in [0.15, 0.2) is 0 Å². The Labute approximate surface area is 96.5 Å². The Kier molecular flexibility index (Phi) is 3.72. The van der Waals surface area contributed by atoms with E-state index in [1.165, 1.54) is 12.1 Å². The van der Waals surface area contributed by atoms with Crippen LogP contribution in [0.25, 0.3) is 0 Å². The first kappa shape index (κ1) is 11.0. The summed E-state index contributed by atoms with van der Waals surface area (Å²) in [5, 5.41) is 0. The molecule has 1 atom stereocenters. The maximum Gasteiger partial charge on any atom is 0.124 e. The lowest BCUT2D eigenvalue weighted by molar-refractivity contribution is 0.0315. The van der Waals surface area contributed by atoms with Crippen molar-refractivity contribution in [2.24, 2.45) is 0 Å². The molecule has 15 heavy (non-hydrogen) atoms. The Morgan fingerprint density at radius 2 is 2.40 bits per heavy atom. The van der Waals surface area contributed by atoms with Crippen molar-refractivity contribution in [1.82, 2.24) is 0 Å². The lowest BCUT2D eigenvalue weighted by Gasteiger charge is -2.10. The summed E-state index contributed by atoms with van der Waals surface area (Å²) in [4.78, 5) is 0. The van der Waals surface area contributed by atoms with Gasteiger partial charge >= 0.3 is 0 Å². The summed E-state index contributed by atoms with van der Waals surface area (Å²) in [6.45, 7) is 1.93. The average molecular weight is 275 g/mol. The number of hydrogen-bond donors (Lipinski definition) is 0. The lowest BCUT2D eigenvalue weighted by atomic mass is 10.2. The molecule has 82 valence electrons. The van der Waals surface area contributed by atoms with Gasteiger partial charge in [0.1, 0.15) is 5.82 Å². The molecular weight excluding hydrogens is 263 g/mol. The van der Waals surface area contributed by atoms with Gasteiger partial charge in [-0.05, 0) is 24.1 Å². The lowest BCUT2D eigenvalue weighted by Crippen LogP contribution is -2.12. The van der Waals surface area contributed by atoms with E-state index >= 15 is 0 Å². The SMILES string of the molecule is Fc1ccc(COC2CCOC2)c(Br)c1. The first-order valence-electron chi connectivity index (χ1n) is 4.89. The van der Waals surface area contributed by atoms with E-state index < -0.39 is 0 Å². The van der Waals surface area contributed by atoms with Gasteiger partial charge in [-0.2, -0.15) is 0 Å². The highest BCUT2D eigenvalue weighted by Gasteiger charge is 2.16. The van der Waals surface area contributed by atoms with Crippen molar-refractivity contribution in [2.45, 2.75) is 19.1 Å². The van der Waals surface area contributed by atoms with Crippen LogP contribution in [0.1, 0.15) is 12.0 Å². The summed E-state index contributed by atoms with van der Waals surface area (Å²) in [6, 6.07) is 4.62. The van der Waals surface area contributed by atoms with Crippen molar-refractivity contribution >= 4 is 15.9 Å². The van der Waals surface area contributed by atoms with Crippen LogP contribution in [0.5, 0.6) is 0 Å². The van der Waals surface area contributed by atoms with Gasteiger partial charge in [0, 0.05) is 11.1 Å². The Balaban J connectivity index is 1.92. The Morgan fingerprint density at radius 1 is 1.53 bits per heavy atom. The van der Waals surface area contributed by atoms with Crippen LogP contribution < -0.4 is 0 Å². The van der Waals surface area contributed by atoms with Crippen LogP contribution in [0.3, 0.4) is 0 Å². The van der Waals surface area contributed by atoms with Gasteiger partial charge in [0.2, 0.25) is 0 Å². The summed E-state index contributed by atoms with van der Waals surface area (Å²) >= 11 is 3.31. The third-order valence-corrected chi connectivity index (χ3v) is 3.12. The minimum Gasteiger partial charge on any atom is -0.379 e. The third-order valence-electron chi connectivity index (χ3n) is 2.38. The van der Waals surface area contributed by atoms with Gasteiger partial charge in [-0.1, -0.05) is 22.0 Å². The van der Waals surface area contributed by atoms with E-state index in [-0.39, 0.29) is 11.9 Å². The second kappa shape index (κ2) is 5.05. The predicted octanol–water partition coefficient (Wildman–Crippen LogP) is 2.89. The van der Waals surface area contributed by atoms with E-state index in [4.69, 9.17) is 9.47 Å². The number of hydrogen-bond acceptors (Lipinski definition) is 2. The van der Waals surface area contributed by atoms with E-state index in [1.54, 1.807) is 6.07 Å². The minimum atomic E-state index is -0.241. The summed E-state index contributed by atoms with van der Waals surface area (Å²) in [5.74, 6) is -0.241. The second-order valence-electron chi connectivity index (χ2n) is 3.53. The molecule has 1 unspecified atom stereocenters. The Morgan fingerprint density at radius 3 is 3.07 bits per heavy atom. The van der Waals surface area contributed by atoms with Gasteiger partial charge in [-0.3, -0.25) is 0 Å². The summed E-state index contributed by atoms with van der Waals surface area (Å²) < 4.78 is 24.4. The van der Waals surface area contributed by atoms with Gasteiger partial charge in [0.25, 0.3) is 0 Å². The van der Waals surface area contributed by atoms with Crippen LogP contribution in [-0.2, 0) is 16.1 Å². The maximum absolute atomic E-state index is 12.8. The first-order chi connectivity index (χ1) is 7.25. The first-order valence-corrected chi connectivity index (χ1v) is 5.68. The van der Waals surface area contributed by atoms with Gasteiger partial charge < -0.3 is 9.47 Å². The molecular formula is C11H12BrFO2. The maximum atomic E-state index is 12.8. The van der Waals surface area contributed by atoms with E-state index in [9.17, 15) is 4.39 Å². The average Bonchev–Trinajstić information content (AvgIpc) is 2.69. The van der Waals surface area contributed by atoms with Crippen molar-refractivity contribution in [3.05, 3.63) is 34.1 Å². The van der Waals surface area contributed by atoms with Crippen LogP contribution >= 0.6 is 15.9 Å². The normalized spacial score (nSPS) is 20.8. The molecule has 0 bridgehead atoms. The monoisotopic (exact) mass is 274 g/mol. The van der Waals surface area contributed by atoms with E-state index in [0.29, 0.717) is 13.2 Å². The second-order valence-corrected chi connectivity index (χ2v) is 4.39. The molecule has 1 aromatic carbocycles. The fraction of sp³-hybridized carbons (Fsp3) is 0.455. The van der Waals surface area contributed by atoms with Gasteiger partial charge in [-0.15, -0.1) is 0 Å². The molecule has 0 amide bonds. The molecule has 1 aliphatic heterocycles. The van der Waals surface area contributed by atoms with Crippen LogP contribution in [0.15, 0.2) is 22.7 Å². The van der Waals surface area contributed by atoms with Crippen LogP contribution in [0, 0.1) is 5.82 Å². The Hall–Kier alpha value is -0.450. The standard InChI is InChI=1S/C11H12BrFO2/c12-11-5-9(13)2-1-8(11)6-15-10-3-4-14-7-10/h1-2,5,10H,3-4,6-7H2. The topological polar surface area (TPSA) is 18.5 Å². The minimum absolute atomic E-state index is 0.182. The molecule has 0 saturated carbocycles. The van der Waals surface area contributed by atoms with E-state index in [2.05, 4.69) is 15.9 Å². The molecule has 0 aliphatic carbocycles. The fourth-order valence-corrected chi connectivity index (χ4v) is 1.96. The van der Waals surface area contributed by atoms with Crippen LogP contribution in [0.4, 0.5) is 4.39 Å². The highest BCUT2D eigenvalue weighted by molar-refractivity contribution is 9.10. The van der Waals surface area contributed by atoms with Crippen molar-refractivity contribution in [3.8, 4) is 0 Å². The van der Waals surface area contributed by atoms with Gasteiger partial charge in [-0.25, -0.2) is 4.39 Å². The zero-order valence-electron chi connectivity index (χ0n) is 8.21. The molecule has 2 rings (SSSR count). The van der Waals surface area contributed by atoms with Crippen molar-refractivity contribution in [1.29, 1.82) is 0 Å². The molecule has 1 heterocycles. The molecule has 0 N–H and O–H groups in total. The number of ether oxygens (including phenoxy) is 2. The molecule has 0 aromatic heterocycles. The van der Waals surface area contributed by atoms with E-state index in [0.717, 1.165) is 23.1 Å². The highest BCUT2D eigenvalue weighted by atomic mass is 79.9. The molecule has 1 saturated heterocycles. The highest BCUT2D eigenvalue weighted by Crippen LogP contribution is 2.20. The van der Waals surface area contributed by atoms with Crippen LogP contribution in [0.2, 0.25) is 0 Å². The molecule has 1 aliphatic rings. The molecule has 0 spiro atoms. The van der Waals surface area contributed by atoms with E-state index in [1.807, 2.05) is 0 Å². The molecule has 2 nitrogen and oxygen atoms in total. The predicted molar refractivity (Wildman–Crippen MR) is 58.1 cm³/mol. The zero-order chi connectivity index (χ0) is 10.7. The zero-order valence-corrected chi connectivity index (χ0v) is 9.80. The van der Waals surface area contributed by atoms with Gasteiger partial charge in [0.05, 0.1) is 19.3 Å². The van der Waals surface area contributed by atoms with Crippen molar-refractivity contribution in [2.75, 3.05) is 13.2 Å². The Bertz CT molecular complexity index is 337. The molecule has 1 aromatic rings. The number of benzene rings is 1. The molecule has 1 fully saturated rings. The van der Waals surface area contributed by atoms with Crippen molar-refractivity contribution in [3.63, 3.8) is 0 Å². The summed E-state index contributed by atoms with van der Waals surface area (Å²) in [7, 11) is 0. The van der Waals surface area contributed by atoms with Crippen LogP contribution in [-0.4, -0.2) is 19.3 Å². The summed E-state index contributed by atoms with van der Waals surface area (Å²) in [5.41, 5.74) is 0.961.